The van der Waals surface area contributed by atoms with Gasteiger partial charge in [-0.2, -0.15) is 0 Å². The summed E-state index contributed by atoms with van der Waals surface area (Å²) in [6.07, 6.45) is 0.548. The second-order valence-corrected chi connectivity index (χ2v) is 7.14. The maximum Gasteiger partial charge on any atom is 0.220 e. The molecule has 0 aliphatic rings. The Morgan fingerprint density at radius 3 is 2.75 bits per heavy atom. The highest BCUT2D eigenvalue weighted by Crippen LogP contribution is 2.27. The monoisotopic (exact) mass is 293 g/mol. The molecule has 4 heteroatoms. The molecule has 0 aliphatic heterocycles. The molecule has 0 aromatic carbocycles. The maximum atomic E-state index is 11.9. The van der Waals surface area contributed by atoms with E-state index in [0.29, 0.717) is 18.9 Å². The molecule has 0 fully saturated rings. The van der Waals surface area contributed by atoms with Gasteiger partial charge in [-0.05, 0) is 23.5 Å². The van der Waals surface area contributed by atoms with Gasteiger partial charge in [-0.25, -0.2) is 0 Å². The highest BCUT2D eigenvalue weighted by atomic mass is 32.1. The summed E-state index contributed by atoms with van der Waals surface area (Å²) >= 11 is 1.54. The minimum Gasteiger partial charge on any atom is -0.384 e. The first-order valence-corrected chi connectivity index (χ1v) is 7.59. The summed E-state index contributed by atoms with van der Waals surface area (Å²) in [4.78, 5) is 13.9. The van der Waals surface area contributed by atoms with Crippen LogP contribution in [0.1, 0.15) is 43.9 Å². The summed E-state index contributed by atoms with van der Waals surface area (Å²) in [6, 6.07) is 3.87. The number of thiophene rings is 1. The molecule has 1 aromatic rings. The molecule has 0 spiro atoms. The van der Waals surface area contributed by atoms with Crippen LogP contribution in [0.25, 0.3) is 0 Å². The van der Waals surface area contributed by atoms with Crippen LogP contribution in [0.15, 0.2) is 12.1 Å². The predicted octanol–water partition coefficient (Wildman–Crippen LogP) is 2.78. The lowest BCUT2D eigenvalue weighted by Gasteiger charge is -2.26. The Hall–Kier alpha value is -1.31. The number of rotatable bonds is 4. The fraction of sp³-hybridized carbons (Fsp3) is 0.562. The van der Waals surface area contributed by atoms with Crippen molar-refractivity contribution in [1.82, 2.24) is 5.32 Å². The number of carbonyl (C=O) groups is 1. The summed E-state index contributed by atoms with van der Waals surface area (Å²) in [5.74, 6) is 5.91. The molecule has 110 valence electrons. The van der Waals surface area contributed by atoms with E-state index < -0.39 is 0 Å². The van der Waals surface area contributed by atoms with Crippen LogP contribution < -0.4 is 5.32 Å². The van der Waals surface area contributed by atoms with E-state index in [0.717, 1.165) is 9.75 Å². The lowest BCUT2D eigenvalue weighted by atomic mass is 9.80. The van der Waals surface area contributed by atoms with Gasteiger partial charge < -0.3 is 10.4 Å². The third-order valence-corrected chi connectivity index (χ3v) is 4.38. The van der Waals surface area contributed by atoms with Gasteiger partial charge in [0, 0.05) is 11.3 Å². The van der Waals surface area contributed by atoms with Gasteiger partial charge in [0.25, 0.3) is 0 Å². The van der Waals surface area contributed by atoms with Crippen molar-refractivity contribution in [2.45, 2.75) is 40.7 Å². The summed E-state index contributed by atoms with van der Waals surface area (Å²) in [7, 11) is 0. The molecule has 2 N–H and O–H groups in total. The van der Waals surface area contributed by atoms with Gasteiger partial charge in [0.2, 0.25) is 5.91 Å². The van der Waals surface area contributed by atoms with E-state index in [1.165, 1.54) is 11.3 Å². The Morgan fingerprint density at radius 2 is 2.15 bits per heavy atom. The molecule has 1 aromatic heterocycles. The second kappa shape index (κ2) is 7.47. The first-order valence-electron chi connectivity index (χ1n) is 6.78. The zero-order valence-electron chi connectivity index (χ0n) is 12.6. The topological polar surface area (TPSA) is 49.3 Å². The Morgan fingerprint density at radius 1 is 1.45 bits per heavy atom. The molecular formula is C16H23NO2S. The lowest BCUT2D eigenvalue weighted by molar-refractivity contribution is -0.122. The van der Waals surface area contributed by atoms with E-state index in [1.807, 2.05) is 12.1 Å². The lowest BCUT2D eigenvalue weighted by Crippen LogP contribution is -2.28. The highest BCUT2D eigenvalue weighted by Gasteiger charge is 2.22. The summed E-state index contributed by atoms with van der Waals surface area (Å²) < 4.78 is 0. The molecule has 3 nitrogen and oxygen atoms in total. The first kappa shape index (κ1) is 16.7. The molecule has 0 saturated carbocycles. The normalized spacial score (nSPS) is 12.4. The summed E-state index contributed by atoms with van der Waals surface area (Å²) in [5.41, 5.74) is 0.146. The largest absolute Gasteiger partial charge is 0.384 e. The fourth-order valence-electron chi connectivity index (χ4n) is 1.51. The second-order valence-electron chi connectivity index (χ2n) is 5.97. The van der Waals surface area contributed by atoms with E-state index in [9.17, 15) is 4.79 Å². The predicted molar refractivity (Wildman–Crippen MR) is 83.4 cm³/mol. The molecular weight excluding hydrogens is 270 g/mol. The van der Waals surface area contributed by atoms with Crippen molar-refractivity contribution in [2.75, 3.05) is 6.61 Å². The van der Waals surface area contributed by atoms with E-state index in [1.54, 1.807) is 0 Å². The van der Waals surface area contributed by atoms with Crippen LogP contribution in [0.5, 0.6) is 0 Å². The molecule has 1 unspecified atom stereocenters. The molecule has 1 heterocycles. The van der Waals surface area contributed by atoms with Gasteiger partial charge in [-0.3, -0.25) is 4.79 Å². The van der Waals surface area contributed by atoms with Crippen molar-refractivity contribution in [3.63, 3.8) is 0 Å². The maximum absolute atomic E-state index is 11.9. The number of aliphatic hydroxyl groups is 1. The van der Waals surface area contributed by atoms with Gasteiger partial charge >= 0.3 is 0 Å². The van der Waals surface area contributed by atoms with Gasteiger partial charge in [0.1, 0.15) is 6.61 Å². The van der Waals surface area contributed by atoms with Crippen LogP contribution in [-0.4, -0.2) is 17.6 Å². The van der Waals surface area contributed by atoms with Crippen LogP contribution >= 0.6 is 11.3 Å². The van der Waals surface area contributed by atoms with Crippen molar-refractivity contribution in [1.29, 1.82) is 0 Å². The molecule has 1 atom stereocenters. The minimum absolute atomic E-state index is 0.0869. The van der Waals surface area contributed by atoms with Crippen LogP contribution in [0, 0.1) is 23.2 Å². The molecule has 0 saturated heterocycles. The van der Waals surface area contributed by atoms with Crippen molar-refractivity contribution < 1.29 is 9.90 Å². The van der Waals surface area contributed by atoms with E-state index >= 15 is 0 Å². The molecule has 0 bridgehead atoms. The van der Waals surface area contributed by atoms with Crippen LogP contribution in [0.4, 0.5) is 0 Å². The van der Waals surface area contributed by atoms with Crippen LogP contribution in [-0.2, 0) is 11.3 Å². The van der Waals surface area contributed by atoms with Crippen molar-refractivity contribution in [2.24, 2.45) is 11.3 Å². The zero-order chi connectivity index (χ0) is 15.2. The van der Waals surface area contributed by atoms with Crippen molar-refractivity contribution in [3.05, 3.63) is 21.9 Å². The molecule has 0 radical (unpaired) electrons. The first-order chi connectivity index (χ1) is 9.32. The fourth-order valence-corrected chi connectivity index (χ4v) is 2.33. The number of aliphatic hydroxyl groups excluding tert-OH is 1. The molecule has 1 amide bonds. The number of hydrogen-bond acceptors (Lipinski definition) is 3. The smallest absolute Gasteiger partial charge is 0.220 e. The zero-order valence-corrected chi connectivity index (χ0v) is 13.4. The Balaban J connectivity index is 2.43. The Bertz CT molecular complexity index is 503. The summed E-state index contributed by atoms with van der Waals surface area (Å²) in [5, 5.41) is 11.6. The number of nitrogens with one attached hydrogen (secondary N) is 1. The van der Waals surface area contributed by atoms with Crippen molar-refractivity contribution in [3.8, 4) is 11.8 Å². The van der Waals surface area contributed by atoms with Gasteiger partial charge in [-0.1, -0.05) is 39.5 Å². The Kier molecular flexibility index (Phi) is 6.25. The molecule has 20 heavy (non-hydrogen) atoms. The quantitative estimate of drug-likeness (QED) is 0.839. The summed E-state index contributed by atoms with van der Waals surface area (Å²) in [6.45, 7) is 8.96. The van der Waals surface area contributed by atoms with Gasteiger partial charge in [0.15, 0.2) is 0 Å². The van der Waals surface area contributed by atoms with Gasteiger partial charge in [-0.15, -0.1) is 11.3 Å². The average Bonchev–Trinajstić information content (AvgIpc) is 2.80. The third-order valence-electron chi connectivity index (χ3n) is 3.38. The number of amides is 1. The number of hydrogen-bond donors (Lipinski definition) is 2. The van der Waals surface area contributed by atoms with Crippen molar-refractivity contribution >= 4 is 17.2 Å². The third kappa shape index (κ3) is 5.77. The highest BCUT2D eigenvalue weighted by molar-refractivity contribution is 7.12. The molecule has 0 aliphatic carbocycles. The SMILES string of the molecule is CC(CC(=O)NCc1ccc(C#CCO)s1)C(C)(C)C. The average molecular weight is 293 g/mol. The standard InChI is InChI=1S/C16H23NO2S/c1-12(16(2,3)4)10-15(19)17-11-14-8-7-13(20-14)6-5-9-18/h7-8,12,18H,9-11H2,1-4H3,(H,17,19). The number of carbonyl (C=O) groups excluding carboxylic acids is 1. The van der Waals surface area contributed by atoms with E-state index in [4.69, 9.17) is 5.11 Å². The van der Waals surface area contributed by atoms with Crippen LogP contribution in [0.2, 0.25) is 0 Å². The van der Waals surface area contributed by atoms with E-state index in [2.05, 4.69) is 44.9 Å². The minimum atomic E-state index is -0.130. The van der Waals surface area contributed by atoms with E-state index in [-0.39, 0.29) is 17.9 Å². The van der Waals surface area contributed by atoms with Crippen LogP contribution in [0.3, 0.4) is 0 Å². The Labute approximate surface area is 125 Å². The van der Waals surface area contributed by atoms with Gasteiger partial charge in [0.05, 0.1) is 11.4 Å². The molecule has 1 rings (SSSR count).